The smallest absolute Gasteiger partial charge is 0.222 e. The van der Waals surface area contributed by atoms with E-state index in [1.807, 2.05) is 4.90 Å². The fraction of sp³-hybridized carbons (Fsp3) is 0.864. The lowest BCUT2D eigenvalue weighted by molar-refractivity contribution is -0.135. The second-order valence-corrected chi connectivity index (χ2v) is 7.33. The van der Waals surface area contributed by atoms with Gasteiger partial charge < -0.3 is 9.64 Å². The molecule has 0 aromatic rings. The van der Waals surface area contributed by atoms with Crippen LogP contribution in [0.15, 0.2) is 12.2 Å². The van der Waals surface area contributed by atoms with Crippen LogP contribution in [0.3, 0.4) is 0 Å². The molecule has 1 aliphatic rings. The summed E-state index contributed by atoms with van der Waals surface area (Å²) in [6.07, 6.45) is 22.4. The van der Waals surface area contributed by atoms with Crippen LogP contribution in [0.5, 0.6) is 0 Å². The number of carbonyl (C=O) groups is 1. The Morgan fingerprint density at radius 1 is 0.800 bits per heavy atom. The molecule has 0 radical (unpaired) electrons. The maximum Gasteiger partial charge on any atom is 0.222 e. The Hall–Kier alpha value is -0.830. The van der Waals surface area contributed by atoms with Crippen molar-refractivity contribution in [1.29, 1.82) is 0 Å². The highest BCUT2D eigenvalue weighted by molar-refractivity contribution is 5.76. The summed E-state index contributed by atoms with van der Waals surface area (Å²) in [6.45, 7) is 5.23. The zero-order valence-corrected chi connectivity index (χ0v) is 16.6. The molecule has 0 spiro atoms. The molecule has 0 atom stereocenters. The van der Waals surface area contributed by atoms with E-state index in [0.29, 0.717) is 25.5 Å². The van der Waals surface area contributed by atoms with Crippen molar-refractivity contribution < 1.29 is 9.53 Å². The summed E-state index contributed by atoms with van der Waals surface area (Å²) in [4.78, 5) is 13.9. The molecule has 1 rings (SSSR count). The first-order chi connectivity index (χ1) is 12.3. The SMILES string of the molecule is CCCCCCCCCCCC=CCCCCC(=O)N1CCOCC1. The number of unbranched alkanes of at least 4 members (excludes halogenated alkanes) is 11. The third kappa shape index (κ3) is 13.1. The Balaban J connectivity index is 1.80. The topological polar surface area (TPSA) is 29.5 Å². The van der Waals surface area contributed by atoms with Crippen LogP contribution in [0, 0.1) is 0 Å². The minimum atomic E-state index is 0.307. The third-order valence-corrected chi connectivity index (χ3v) is 5.02. The molecule has 0 unspecified atom stereocenters. The predicted octanol–water partition coefficient (Wildman–Crippen LogP) is 5.88. The minimum absolute atomic E-state index is 0.307. The van der Waals surface area contributed by atoms with Gasteiger partial charge in [0, 0.05) is 19.5 Å². The van der Waals surface area contributed by atoms with Gasteiger partial charge in [0.05, 0.1) is 13.2 Å². The van der Waals surface area contributed by atoms with Gasteiger partial charge in [-0.2, -0.15) is 0 Å². The van der Waals surface area contributed by atoms with Crippen LogP contribution in [0.2, 0.25) is 0 Å². The molecule has 146 valence electrons. The highest BCUT2D eigenvalue weighted by Crippen LogP contribution is 2.11. The number of hydrogen-bond acceptors (Lipinski definition) is 2. The monoisotopic (exact) mass is 351 g/mol. The van der Waals surface area contributed by atoms with Gasteiger partial charge in [-0.15, -0.1) is 0 Å². The first-order valence-corrected chi connectivity index (χ1v) is 10.8. The second-order valence-electron chi connectivity index (χ2n) is 7.33. The van der Waals surface area contributed by atoms with Gasteiger partial charge in [-0.05, 0) is 32.1 Å². The Morgan fingerprint density at radius 3 is 1.92 bits per heavy atom. The summed E-state index contributed by atoms with van der Waals surface area (Å²) in [7, 11) is 0. The van der Waals surface area contributed by atoms with Crippen molar-refractivity contribution >= 4 is 5.91 Å². The molecule has 0 aromatic heterocycles. The van der Waals surface area contributed by atoms with E-state index in [9.17, 15) is 4.79 Å². The zero-order chi connectivity index (χ0) is 18.0. The first kappa shape index (κ1) is 22.2. The first-order valence-electron chi connectivity index (χ1n) is 10.8. The van der Waals surface area contributed by atoms with Crippen LogP contribution >= 0.6 is 0 Å². The number of ether oxygens (including phenoxy) is 1. The van der Waals surface area contributed by atoms with Crippen molar-refractivity contribution in [3.05, 3.63) is 12.2 Å². The van der Waals surface area contributed by atoms with E-state index in [1.165, 1.54) is 64.2 Å². The number of rotatable bonds is 15. The Morgan fingerprint density at radius 2 is 1.32 bits per heavy atom. The van der Waals surface area contributed by atoms with Crippen molar-refractivity contribution in [2.45, 2.75) is 96.8 Å². The summed E-state index contributed by atoms with van der Waals surface area (Å²) in [5.74, 6) is 0.307. The Labute approximate surface area is 156 Å². The molecule has 1 saturated heterocycles. The molecule has 3 nitrogen and oxygen atoms in total. The predicted molar refractivity (Wildman–Crippen MR) is 107 cm³/mol. The van der Waals surface area contributed by atoms with Gasteiger partial charge in [0.2, 0.25) is 5.91 Å². The number of morpholine rings is 1. The summed E-state index contributed by atoms with van der Waals surface area (Å²) in [6, 6.07) is 0. The molecule has 0 aromatic carbocycles. The summed E-state index contributed by atoms with van der Waals surface area (Å²) in [5.41, 5.74) is 0. The van der Waals surface area contributed by atoms with Gasteiger partial charge in [-0.25, -0.2) is 0 Å². The van der Waals surface area contributed by atoms with Crippen LogP contribution < -0.4 is 0 Å². The quantitative estimate of drug-likeness (QED) is 0.272. The average Bonchev–Trinajstić information content (AvgIpc) is 2.65. The standard InChI is InChI=1S/C22H41NO2/c1-2-3-4-5-6-7-8-9-10-11-12-13-14-15-16-17-22(24)23-18-20-25-21-19-23/h12-13H,2-11,14-21H2,1H3. The number of amides is 1. The van der Waals surface area contributed by atoms with Gasteiger partial charge >= 0.3 is 0 Å². The van der Waals surface area contributed by atoms with Crippen LogP contribution in [0.1, 0.15) is 96.8 Å². The van der Waals surface area contributed by atoms with E-state index in [0.717, 1.165) is 32.4 Å². The lowest BCUT2D eigenvalue weighted by atomic mass is 10.1. The van der Waals surface area contributed by atoms with Crippen LogP contribution in [0.25, 0.3) is 0 Å². The molecule has 0 N–H and O–H groups in total. The van der Waals surface area contributed by atoms with Gasteiger partial charge in [-0.1, -0.05) is 70.4 Å². The Bertz CT molecular complexity index is 335. The fourth-order valence-electron chi connectivity index (χ4n) is 3.32. The van der Waals surface area contributed by atoms with E-state index in [1.54, 1.807) is 0 Å². The second kappa shape index (κ2) is 16.6. The van der Waals surface area contributed by atoms with Crippen molar-refractivity contribution in [2.75, 3.05) is 26.3 Å². The van der Waals surface area contributed by atoms with Crippen LogP contribution in [0.4, 0.5) is 0 Å². The summed E-state index contributed by atoms with van der Waals surface area (Å²) < 4.78 is 5.28. The van der Waals surface area contributed by atoms with E-state index in [-0.39, 0.29) is 0 Å². The molecule has 3 heteroatoms. The normalized spacial score (nSPS) is 15.2. The molecule has 0 saturated carbocycles. The average molecular weight is 352 g/mol. The minimum Gasteiger partial charge on any atom is -0.378 e. The molecular weight excluding hydrogens is 310 g/mol. The van der Waals surface area contributed by atoms with Crippen molar-refractivity contribution in [3.8, 4) is 0 Å². The highest BCUT2D eigenvalue weighted by Gasteiger charge is 2.15. The van der Waals surface area contributed by atoms with E-state index in [2.05, 4.69) is 19.1 Å². The largest absolute Gasteiger partial charge is 0.378 e. The van der Waals surface area contributed by atoms with E-state index in [4.69, 9.17) is 4.74 Å². The number of carbonyl (C=O) groups excluding carboxylic acids is 1. The maximum atomic E-state index is 12.0. The van der Waals surface area contributed by atoms with Crippen molar-refractivity contribution in [3.63, 3.8) is 0 Å². The van der Waals surface area contributed by atoms with Gasteiger partial charge in [-0.3, -0.25) is 4.79 Å². The maximum absolute atomic E-state index is 12.0. The van der Waals surface area contributed by atoms with Crippen LogP contribution in [-0.4, -0.2) is 37.1 Å². The van der Waals surface area contributed by atoms with E-state index < -0.39 is 0 Å². The molecule has 1 amide bonds. The molecule has 0 bridgehead atoms. The highest BCUT2D eigenvalue weighted by atomic mass is 16.5. The molecule has 1 fully saturated rings. The van der Waals surface area contributed by atoms with Gasteiger partial charge in [0.25, 0.3) is 0 Å². The molecular formula is C22H41NO2. The zero-order valence-electron chi connectivity index (χ0n) is 16.6. The number of nitrogens with zero attached hydrogens (tertiary/aromatic N) is 1. The van der Waals surface area contributed by atoms with Crippen LogP contribution in [-0.2, 0) is 9.53 Å². The fourth-order valence-corrected chi connectivity index (χ4v) is 3.32. The lowest BCUT2D eigenvalue weighted by Crippen LogP contribution is -2.40. The molecule has 0 aliphatic carbocycles. The van der Waals surface area contributed by atoms with Gasteiger partial charge in [0.1, 0.15) is 0 Å². The lowest BCUT2D eigenvalue weighted by Gasteiger charge is -2.26. The molecule has 1 heterocycles. The summed E-state index contributed by atoms with van der Waals surface area (Å²) in [5, 5.41) is 0. The summed E-state index contributed by atoms with van der Waals surface area (Å²) >= 11 is 0. The molecule has 25 heavy (non-hydrogen) atoms. The Kier molecular flexibility index (Phi) is 14.8. The van der Waals surface area contributed by atoms with E-state index >= 15 is 0 Å². The number of allylic oxidation sites excluding steroid dienone is 2. The van der Waals surface area contributed by atoms with Gasteiger partial charge in [0.15, 0.2) is 0 Å². The number of hydrogen-bond donors (Lipinski definition) is 0. The van der Waals surface area contributed by atoms with Crippen molar-refractivity contribution in [1.82, 2.24) is 4.90 Å². The van der Waals surface area contributed by atoms with Crippen molar-refractivity contribution in [2.24, 2.45) is 0 Å². The third-order valence-electron chi connectivity index (χ3n) is 5.02. The molecule has 1 aliphatic heterocycles.